The number of nitrogens with one attached hydrogen (secondary N) is 2. The Morgan fingerprint density at radius 3 is 3.00 bits per heavy atom. The van der Waals surface area contributed by atoms with Crippen LogP contribution in [0.15, 0.2) is 29.4 Å². The summed E-state index contributed by atoms with van der Waals surface area (Å²) in [5.41, 5.74) is 3.82. The van der Waals surface area contributed by atoms with Gasteiger partial charge in [0.2, 0.25) is 0 Å². The monoisotopic (exact) mass is 356 g/mol. The van der Waals surface area contributed by atoms with Gasteiger partial charge < -0.3 is 19.9 Å². The summed E-state index contributed by atoms with van der Waals surface area (Å²) in [5, 5.41) is 4.69. The van der Waals surface area contributed by atoms with Crippen LogP contribution >= 0.6 is 0 Å². The van der Waals surface area contributed by atoms with Gasteiger partial charge in [-0.25, -0.2) is 0 Å². The number of ether oxygens (including phenoxy) is 1. The second-order valence-corrected chi connectivity index (χ2v) is 7.29. The van der Waals surface area contributed by atoms with E-state index < -0.39 is 0 Å². The number of aromatic amines is 1. The Morgan fingerprint density at radius 1 is 1.38 bits per heavy atom. The van der Waals surface area contributed by atoms with Crippen molar-refractivity contribution in [2.75, 3.05) is 39.9 Å². The van der Waals surface area contributed by atoms with Gasteiger partial charge in [-0.2, -0.15) is 0 Å². The first-order chi connectivity index (χ1) is 12.7. The maximum atomic E-state index is 5.75. The zero-order chi connectivity index (χ0) is 18.4. The summed E-state index contributed by atoms with van der Waals surface area (Å²) in [4.78, 5) is 10.3. The number of aliphatic imine (C=N–C) groups is 1. The fourth-order valence-corrected chi connectivity index (χ4v) is 3.10. The van der Waals surface area contributed by atoms with Gasteiger partial charge in [0.05, 0.1) is 6.61 Å². The van der Waals surface area contributed by atoms with E-state index >= 15 is 0 Å². The molecule has 0 saturated heterocycles. The normalized spacial score (nSPS) is 14.8. The molecular weight excluding hydrogens is 324 g/mol. The Hall–Kier alpha value is -2.01. The Balaban J connectivity index is 1.52. The Bertz CT molecular complexity index is 733. The van der Waals surface area contributed by atoms with Crippen molar-refractivity contribution in [1.82, 2.24) is 15.2 Å². The first-order valence-electron chi connectivity index (χ1n) is 9.81. The van der Waals surface area contributed by atoms with Crippen molar-refractivity contribution in [3.8, 4) is 0 Å². The van der Waals surface area contributed by atoms with E-state index in [1.807, 2.05) is 0 Å². The number of hydrogen-bond donors (Lipinski definition) is 2. The number of benzene rings is 1. The summed E-state index contributed by atoms with van der Waals surface area (Å²) in [6.45, 7) is 8.42. The van der Waals surface area contributed by atoms with Gasteiger partial charge in [0, 0.05) is 50.4 Å². The maximum Gasteiger partial charge on any atom is 0.193 e. The SMILES string of the molecule is CCNC(=NCCc1c[nH]c2cc(C)ccc12)N(C)CCOCC1CC1. The third kappa shape index (κ3) is 5.24. The number of guanidine groups is 1. The van der Waals surface area contributed by atoms with Gasteiger partial charge in [0.15, 0.2) is 5.96 Å². The molecule has 0 spiro atoms. The molecule has 0 radical (unpaired) electrons. The second-order valence-electron chi connectivity index (χ2n) is 7.29. The fourth-order valence-electron chi connectivity index (χ4n) is 3.10. The molecule has 26 heavy (non-hydrogen) atoms. The van der Waals surface area contributed by atoms with Crippen molar-refractivity contribution in [3.05, 3.63) is 35.5 Å². The van der Waals surface area contributed by atoms with Crippen LogP contribution in [-0.4, -0.2) is 55.7 Å². The summed E-state index contributed by atoms with van der Waals surface area (Å²) in [6.07, 6.45) is 5.73. The highest BCUT2D eigenvalue weighted by molar-refractivity contribution is 5.84. The lowest BCUT2D eigenvalue weighted by atomic mass is 10.1. The lowest BCUT2D eigenvalue weighted by molar-refractivity contribution is 0.115. The molecule has 1 aromatic heterocycles. The van der Waals surface area contributed by atoms with Gasteiger partial charge in [-0.1, -0.05) is 12.1 Å². The summed E-state index contributed by atoms with van der Waals surface area (Å²) < 4.78 is 5.75. The molecule has 0 unspecified atom stereocenters. The highest BCUT2D eigenvalue weighted by Crippen LogP contribution is 2.28. The molecule has 142 valence electrons. The van der Waals surface area contributed by atoms with Crippen LogP contribution in [0.4, 0.5) is 0 Å². The molecule has 3 rings (SSSR count). The summed E-state index contributed by atoms with van der Waals surface area (Å²) >= 11 is 0. The van der Waals surface area contributed by atoms with E-state index in [2.05, 4.69) is 60.5 Å². The predicted octanol–water partition coefficient (Wildman–Crippen LogP) is 3.34. The highest BCUT2D eigenvalue weighted by atomic mass is 16.5. The minimum Gasteiger partial charge on any atom is -0.379 e. The van der Waals surface area contributed by atoms with E-state index in [9.17, 15) is 0 Å². The standard InChI is InChI=1S/C21H32N4O/c1-4-22-21(25(3)11-12-26-15-17-6-7-17)23-10-9-18-14-24-20-13-16(2)5-8-19(18)20/h5,8,13-14,17,24H,4,6-7,9-12,15H2,1-3H3,(H,22,23). The summed E-state index contributed by atoms with van der Waals surface area (Å²) in [6, 6.07) is 6.57. The van der Waals surface area contributed by atoms with Crippen LogP contribution in [0.2, 0.25) is 0 Å². The lowest BCUT2D eigenvalue weighted by Crippen LogP contribution is -2.40. The van der Waals surface area contributed by atoms with Gasteiger partial charge in [-0.3, -0.25) is 4.99 Å². The van der Waals surface area contributed by atoms with Crippen LogP contribution in [0, 0.1) is 12.8 Å². The van der Waals surface area contributed by atoms with Crippen molar-refractivity contribution in [2.45, 2.75) is 33.1 Å². The van der Waals surface area contributed by atoms with Crippen molar-refractivity contribution in [1.29, 1.82) is 0 Å². The fraction of sp³-hybridized carbons (Fsp3) is 0.571. The topological polar surface area (TPSA) is 52.7 Å². The Kier molecular flexibility index (Phi) is 6.56. The molecular formula is C21H32N4O. The van der Waals surface area contributed by atoms with Crippen LogP contribution in [-0.2, 0) is 11.2 Å². The van der Waals surface area contributed by atoms with E-state index in [0.29, 0.717) is 0 Å². The van der Waals surface area contributed by atoms with Gasteiger partial charge in [-0.15, -0.1) is 0 Å². The van der Waals surface area contributed by atoms with Gasteiger partial charge in [0.25, 0.3) is 0 Å². The summed E-state index contributed by atoms with van der Waals surface area (Å²) in [7, 11) is 2.08. The second kappa shape index (κ2) is 9.08. The molecule has 1 fully saturated rings. The highest BCUT2D eigenvalue weighted by Gasteiger charge is 2.21. The van der Waals surface area contributed by atoms with Crippen LogP contribution in [0.5, 0.6) is 0 Å². The largest absolute Gasteiger partial charge is 0.379 e. The number of H-pyrrole nitrogens is 1. The van der Waals surface area contributed by atoms with Crippen LogP contribution in [0.3, 0.4) is 0 Å². The average Bonchev–Trinajstić information content (AvgIpc) is 3.38. The molecule has 0 bridgehead atoms. The number of rotatable bonds is 9. The van der Waals surface area contributed by atoms with E-state index in [1.165, 1.54) is 34.9 Å². The first-order valence-corrected chi connectivity index (χ1v) is 9.81. The number of aryl methyl sites for hydroxylation is 1. The molecule has 1 saturated carbocycles. The lowest BCUT2D eigenvalue weighted by Gasteiger charge is -2.22. The van der Waals surface area contributed by atoms with Crippen LogP contribution in [0.1, 0.15) is 30.9 Å². The number of fused-ring (bicyclic) bond motifs is 1. The Morgan fingerprint density at radius 2 is 2.23 bits per heavy atom. The predicted molar refractivity (Wildman–Crippen MR) is 109 cm³/mol. The zero-order valence-corrected chi connectivity index (χ0v) is 16.3. The Labute approximate surface area is 156 Å². The number of nitrogens with zero attached hydrogens (tertiary/aromatic N) is 2. The smallest absolute Gasteiger partial charge is 0.193 e. The van der Waals surface area contributed by atoms with Gasteiger partial charge in [0.1, 0.15) is 0 Å². The molecule has 5 heteroatoms. The molecule has 1 aromatic carbocycles. The van der Waals surface area contributed by atoms with Gasteiger partial charge in [-0.05, 0) is 56.2 Å². The third-order valence-corrected chi connectivity index (χ3v) is 4.88. The molecule has 0 aliphatic heterocycles. The third-order valence-electron chi connectivity index (χ3n) is 4.88. The molecule has 2 N–H and O–H groups in total. The van der Waals surface area contributed by atoms with E-state index in [1.54, 1.807) is 0 Å². The van der Waals surface area contributed by atoms with Crippen molar-refractivity contribution in [2.24, 2.45) is 10.9 Å². The molecule has 2 aromatic rings. The number of hydrogen-bond acceptors (Lipinski definition) is 2. The van der Waals surface area contributed by atoms with Gasteiger partial charge >= 0.3 is 0 Å². The van der Waals surface area contributed by atoms with E-state index in [-0.39, 0.29) is 0 Å². The number of likely N-dealkylation sites (N-methyl/N-ethyl adjacent to an activating group) is 1. The molecule has 1 heterocycles. The summed E-state index contributed by atoms with van der Waals surface area (Å²) in [5.74, 6) is 1.78. The molecule has 1 aliphatic rings. The number of aromatic nitrogens is 1. The maximum absolute atomic E-state index is 5.75. The quantitative estimate of drug-likeness (QED) is 0.412. The van der Waals surface area contributed by atoms with Crippen LogP contribution < -0.4 is 5.32 Å². The first kappa shape index (κ1) is 18.8. The van der Waals surface area contributed by atoms with Crippen molar-refractivity contribution < 1.29 is 4.74 Å². The zero-order valence-electron chi connectivity index (χ0n) is 16.3. The molecule has 1 aliphatic carbocycles. The molecule has 5 nitrogen and oxygen atoms in total. The molecule has 0 atom stereocenters. The average molecular weight is 357 g/mol. The van der Waals surface area contributed by atoms with Crippen LogP contribution in [0.25, 0.3) is 10.9 Å². The van der Waals surface area contributed by atoms with E-state index in [0.717, 1.165) is 51.1 Å². The van der Waals surface area contributed by atoms with E-state index in [4.69, 9.17) is 9.73 Å². The molecule has 0 amide bonds. The van der Waals surface area contributed by atoms with Crippen molar-refractivity contribution in [3.63, 3.8) is 0 Å². The van der Waals surface area contributed by atoms with Crippen molar-refractivity contribution >= 4 is 16.9 Å². The minimum atomic E-state index is 0.763. The minimum absolute atomic E-state index is 0.763.